The second kappa shape index (κ2) is 4.50. The third-order valence-electron chi connectivity index (χ3n) is 4.06. The highest BCUT2D eigenvalue weighted by Gasteiger charge is 2.47. The molecule has 2 aliphatic rings. The van der Waals surface area contributed by atoms with Crippen LogP contribution >= 0.6 is 0 Å². The van der Waals surface area contributed by atoms with Crippen LogP contribution in [0.3, 0.4) is 0 Å². The number of nitrogens with zero attached hydrogens (tertiary/aromatic N) is 2. The van der Waals surface area contributed by atoms with E-state index in [1.165, 1.54) is 4.31 Å². The fraction of sp³-hybridized carbons (Fsp3) is 1.00. The van der Waals surface area contributed by atoms with Crippen LogP contribution in [-0.4, -0.2) is 48.2 Å². The molecule has 17 heavy (non-hydrogen) atoms. The quantitative estimate of drug-likeness (QED) is 0.805. The van der Waals surface area contributed by atoms with Crippen molar-refractivity contribution in [2.75, 3.05) is 7.05 Å². The maximum absolute atomic E-state index is 12.5. The van der Waals surface area contributed by atoms with Crippen molar-refractivity contribution in [3.63, 3.8) is 0 Å². The number of fused-ring (bicyclic) bond motifs is 2. The Kier molecular flexibility index (Phi) is 3.51. The van der Waals surface area contributed by atoms with Crippen molar-refractivity contribution in [3.8, 4) is 0 Å². The van der Waals surface area contributed by atoms with Crippen LogP contribution in [0.25, 0.3) is 0 Å². The van der Waals surface area contributed by atoms with Crippen molar-refractivity contribution in [2.24, 2.45) is 5.73 Å². The molecule has 0 aliphatic carbocycles. The predicted octanol–water partition coefficient (Wildman–Crippen LogP) is 0.526. The first-order valence-electron chi connectivity index (χ1n) is 6.36. The van der Waals surface area contributed by atoms with Gasteiger partial charge in [0.25, 0.3) is 10.2 Å². The van der Waals surface area contributed by atoms with E-state index in [9.17, 15) is 8.42 Å². The summed E-state index contributed by atoms with van der Waals surface area (Å²) in [7, 11) is -1.65. The van der Waals surface area contributed by atoms with Gasteiger partial charge < -0.3 is 5.73 Å². The molecule has 2 fully saturated rings. The number of piperidine rings is 1. The summed E-state index contributed by atoms with van der Waals surface area (Å²) in [4.78, 5) is 0. The normalized spacial score (nSPS) is 34.8. The average molecular weight is 261 g/mol. The Morgan fingerprint density at radius 2 is 1.71 bits per heavy atom. The van der Waals surface area contributed by atoms with Gasteiger partial charge in [0, 0.05) is 31.2 Å². The van der Waals surface area contributed by atoms with Gasteiger partial charge in [-0.15, -0.1) is 0 Å². The maximum atomic E-state index is 12.5. The molecule has 2 atom stereocenters. The van der Waals surface area contributed by atoms with E-state index in [-0.39, 0.29) is 24.2 Å². The van der Waals surface area contributed by atoms with Gasteiger partial charge in [-0.3, -0.25) is 0 Å². The molecule has 2 unspecified atom stereocenters. The Hall–Kier alpha value is -0.170. The summed E-state index contributed by atoms with van der Waals surface area (Å²) in [6, 6.07) is 0.406. The Balaban J connectivity index is 2.24. The lowest BCUT2D eigenvalue weighted by atomic mass is 10.0. The van der Waals surface area contributed by atoms with Gasteiger partial charge in [0.2, 0.25) is 0 Å². The Bertz CT molecular complexity index is 368. The van der Waals surface area contributed by atoms with Gasteiger partial charge in [-0.1, -0.05) is 0 Å². The molecule has 0 aromatic carbocycles. The van der Waals surface area contributed by atoms with Crippen molar-refractivity contribution in [1.29, 1.82) is 0 Å². The molecule has 0 radical (unpaired) electrons. The maximum Gasteiger partial charge on any atom is 0.282 e. The van der Waals surface area contributed by atoms with Crippen molar-refractivity contribution < 1.29 is 8.42 Å². The molecule has 2 heterocycles. The predicted molar refractivity (Wildman–Crippen MR) is 67.7 cm³/mol. The minimum absolute atomic E-state index is 0.00463. The van der Waals surface area contributed by atoms with Crippen molar-refractivity contribution >= 4 is 10.2 Å². The molecule has 2 aliphatic heterocycles. The topological polar surface area (TPSA) is 66.6 Å². The summed E-state index contributed by atoms with van der Waals surface area (Å²) in [5.41, 5.74) is 5.96. The smallest absolute Gasteiger partial charge is 0.282 e. The van der Waals surface area contributed by atoms with Crippen LogP contribution in [0.5, 0.6) is 0 Å². The highest BCUT2D eigenvalue weighted by atomic mass is 32.2. The highest BCUT2D eigenvalue weighted by molar-refractivity contribution is 7.86. The molecule has 5 nitrogen and oxygen atoms in total. The van der Waals surface area contributed by atoms with E-state index in [1.54, 1.807) is 11.4 Å². The molecule has 2 rings (SSSR count). The van der Waals surface area contributed by atoms with Gasteiger partial charge in [-0.25, -0.2) is 0 Å². The fourth-order valence-electron chi connectivity index (χ4n) is 2.97. The van der Waals surface area contributed by atoms with Crippen LogP contribution in [0.1, 0.15) is 39.5 Å². The second-order valence-electron chi connectivity index (χ2n) is 5.56. The van der Waals surface area contributed by atoms with Gasteiger partial charge in [0.05, 0.1) is 0 Å². The minimum Gasteiger partial charge on any atom is -0.328 e. The van der Waals surface area contributed by atoms with Crippen molar-refractivity contribution in [2.45, 2.75) is 63.7 Å². The fourth-order valence-corrected chi connectivity index (χ4v) is 4.93. The molecule has 0 saturated carbocycles. The lowest BCUT2D eigenvalue weighted by Crippen LogP contribution is -2.55. The van der Waals surface area contributed by atoms with Gasteiger partial charge >= 0.3 is 0 Å². The standard InChI is InChI=1S/C11H23N3O2S/c1-8(2)13(3)17(15,16)14-10-4-5-11(14)7-9(12)6-10/h8-11H,4-7,12H2,1-3H3. The van der Waals surface area contributed by atoms with E-state index in [0.717, 1.165) is 25.7 Å². The van der Waals surface area contributed by atoms with E-state index in [4.69, 9.17) is 5.73 Å². The molecular formula is C11H23N3O2S. The summed E-state index contributed by atoms with van der Waals surface area (Å²) >= 11 is 0. The zero-order valence-corrected chi connectivity index (χ0v) is 11.7. The van der Waals surface area contributed by atoms with Crippen LogP contribution in [0.15, 0.2) is 0 Å². The Labute approximate surface area is 104 Å². The second-order valence-corrected chi connectivity index (χ2v) is 7.46. The monoisotopic (exact) mass is 261 g/mol. The largest absolute Gasteiger partial charge is 0.328 e. The molecule has 0 spiro atoms. The molecule has 0 amide bonds. The molecule has 100 valence electrons. The molecule has 2 bridgehead atoms. The summed E-state index contributed by atoms with van der Waals surface area (Å²) in [6.45, 7) is 3.80. The van der Waals surface area contributed by atoms with E-state index in [2.05, 4.69) is 0 Å². The van der Waals surface area contributed by atoms with Gasteiger partial charge in [0.1, 0.15) is 0 Å². The van der Waals surface area contributed by atoms with Crippen LogP contribution in [0.2, 0.25) is 0 Å². The first-order valence-corrected chi connectivity index (χ1v) is 7.75. The van der Waals surface area contributed by atoms with E-state index in [0.29, 0.717) is 0 Å². The Morgan fingerprint density at radius 1 is 1.24 bits per heavy atom. The molecule has 2 N–H and O–H groups in total. The number of nitrogens with two attached hydrogens (primary N) is 1. The van der Waals surface area contributed by atoms with Crippen LogP contribution < -0.4 is 5.73 Å². The number of hydrogen-bond acceptors (Lipinski definition) is 3. The molecule has 0 aromatic heterocycles. The lowest BCUT2D eigenvalue weighted by Gasteiger charge is -2.39. The summed E-state index contributed by atoms with van der Waals surface area (Å²) in [6.07, 6.45) is 3.54. The van der Waals surface area contributed by atoms with Gasteiger partial charge in [0.15, 0.2) is 0 Å². The summed E-state index contributed by atoms with van der Waals surface area (Å²) in [5.74, 6) is 0. The van der Waals surface area contributed by atoms with Crippen LogP contribution in [0.4, 0.5) is 0 Å². The number of hydrogen-bond donors (Lipinski definition) is 1. The molecule has 6 heteroatoms. The Morgan fingerprint density at radius 3 is 2.12 bits per heavy atom. The van der Waals surface area contributed by atoms with Crippen LogP contribution in [0, 0.1) is 0 Å². The SMILES string of the molecule is CC(C)N(C)S(=O)(=O)N1C2CCC1CC(N)C2. The highest BCUT2D eigenvalue weighted by Crippen LogP contribution is 2.38. The first kappa shape index (κ1) is 13.3. The molecule has 0 aromatic rings. The van der Waals surface area contributed by atoms with E-state index >= 15 is 0 Å². The zero-order chi connectivity index (χ0) is 12.8. The zero-order valence-electron chi connectivity index (χ0n) is 10.8. The third kappa shape index (κ3) is 2.23. The van der Waals surface area contributed by atoms with Gasteiger partial charge in [-0.05, 0) is 39.5 Å². The third-order valence-corrected chi connectivity index (χ3v) is 6.34. The molecule has 2 saturated heterocycles. The van der Waals surface area contributed by atoms with E-state index in [1.807, 2.05) is 13.8 Å². The molecular weight excluding hydrogens is 238 g/mol. The van der Waals surface area contributed by atoms with Gasteiger partial charge in [-0.2, -0.15) is 17.0 Å². The number of rotatable bonds is 3. The van der Waals surface area contributed by atoms with Crippen molar-refractivity contribution in [1.82, 2.24) is 8.61 Å². The van der Waals surface area contributed by atoms with Crippen molar-refractivity contribution in [3.05, 3.63) is 0 Å². The lowest BCUT2D eigenvalue weighted by molar-refractivity contribution is 0.209. The van der Waals surface area contributed by atoms with Crippen LogP contribution in [-0.2, 0) is 10.2 Å². The van der Waals surface area contributed by atoms with E-state index < -0.39 is 10.2 Å². The average Bonchev–Trinajstić information content (AvgIpc) is 2.51. The summed E-state index contributed by atoms with van der Waals surface area (Å²) < 4.78 is 28.2. The minimum atomic E-state index is -3.31. The first-order chi connectivity index (χ1) is 7.84. The summed E-state index contributed by atoms with van der Waals surface area (Å²) in [5, 5.41) is 0.